The predicted molar refractivity (Wildman–Crippen MR) is 86.6 cm³/mol. The van der Waals surface area contributed by atoms with Crippen LogP contribution >= 0.6 is 0 Å². The molecule has 1 amide bonds. The Hall–Kier alpha value is -2.49. The van der Waals surface area contributed by atoms with Gasteiger partial charge in [-0.2, -0.15) is 0 Å². The second-order valence-corrected chi connectivity index (χ2v) is 5.13. The van der Waals surface area contributed by atoms with Gasteiger partial charge in [-0.25, -0.2) is 0 Å². The number of aryl methyl sites for hydroxylation is 1. The molecular weight excluding hydrogens is 278 g/mol. The Morgan fingerprint density at radius 3 is 2.23 bits per heavy atom. The normalized spacial score (nSPS) is 11.6. The molecule has 0 spiro atoms. The third-order valence-electron chi connectivity index (χ3n) is 3.62. The van der Waals surface area contributed by atoms with Gasteiger partial charge in [-0.05, 0) is 37.1 Å². The molecule has 2 aromatic carbocycles. The maximum absolute atomic E-state index is 12.5. The maximum Gasteiger partial charge on any atom is 0.252 e. The van der Waals surface area contributed by atoms with E-state index >= 15 is 0 Å². The first-order valence-corrected chi connectivity index (χ1v) is 7.15. The van der Waals surface area contributed by atoms with Crippen molar-refractivity contribution in [1.82, 2.24) is 5.32 Å². The summed E-state index contributed by atoms with van der Waals surface area (Å²) in [6.07, 6.45) is 0. The van der Waals surface area contributed by atoms with E-state index in [0.717, 1.165) is 11.1 Å². The van der Waals surface area contributed by atoms with E-state index < -0.39 is 0 Å². The van der Waals surface area contributed by atoms with Crippen molar-refractivity contribution < 1.29 is 14.3 Å². The number of rotatable bonds is 5. The van der Waals surface area contributed by atoms with Gasteiger partial charge in [-0.15, -0.1) is 0 Å². The molecule has 4 nitrogen and oxygen atoms in total. The third-order valence-corrected chi connectivity index (χ3v) is 3.62. The lowest BCUT2D eigenvalue weighted by Crippen LogP contribution is -2.27. The molecule has 0 fully saturated rings. The first-order valence-electron chi connectivity index (χ1n) is 7.15. The van der Waals surface area contributed by atoms with Crippen molar-refractivity contribution in [2.75, 3.05) is 14.2 Å². The van der Waals surface area contributed by atoms with Crippen LogP contribution < -0.4 is 14.8 Å². The van der Waals surface area contributed by atoms with Gasteiger partial charge >= 0.3 is 0 Å². The maximum atomic E-state index is 12.5. The fourth-order valence-corrected chi connectivity index (χ4v) is 2.32. The fraction of sp³-hybridized carbons (Fsp3) is 0.278. The summed E-state index contributed by atoms with van der Waals surface area (Å²) in [4.78, 5) is 12.5. The number of ether oxygens (including phenoxy) is 2. The SMILES string of the molecule is COc1cc(C)c(C(=O)NC(C)c2ccccc2)cc1OC. The zero-order chi connectivity index (χ0) is 16.1. The van der Waals surface area contributed by atoms with Crippen molar-refractivity contribution >= 4 is 5.91 Å². The van der Waals surface area contributed by atoms with Crippen molar-refractivity contribution in [3.05, 3.63) is 59.2 Å². The highest BCUT2D eigenvalue weighted by Crippen LogP contribution is 2.30. The first-order chi connectivity index (χ1) is 10.6. The molecular formula is C18H21NO3. The van der Waals surface area contributed by atoms with Crippen molar-refractivity contribution in [2.24, 2.45) is 0 Å². The minimum atomic E-state index is -0.130. The van der Waals surface area contributed by atoms with Crippen LogP contribution in [0.4, 0.5) is 0 Å². The third kappa shape index (κ3) is 3.39. The lowest BCUT2D eigenvalue weighted by atomic mass is 10.0. The Labute approximate surface area is 131 Å². The Kier molecular flexibility index (Phi) is 5.04. The molecule has 0 aliphatic heterocycles. The van der Waals surface area contributed by atoms with Gasteiger partial charge in [0.05, 0.1) is 20.3 Å². The van der Waals surface area contributed by atoms with Crippen molar-refractivity contribution in [3.8, 4) is 11.5 Å². The number of carbonyl (C=O) groups is 1. The Morgan fingerprint density at radius 2 is 1.64 bits per heavy atom. The van der Waals surface area contributed by atoms with Crippen LogP contribution in [-0.4, -0.2) is 20.1 Å². The average molecular weight is 299 g/mol. The van der Waals surface area contributed by atoms with Crippen LogP contribution in [0.5, 0.6) is 11.5 Å². The quantitative estimate of drug-likeness (QED) is 0.919. The molecule has 0 bridgehead atoms. The van der Waals surface area contributed by atoms with Crippen LogP contribution in [0.15, 0.2) is 42.5 Å². The number of methoxy groups -OCH3 is 2. The molecule has 4 heteroatoms. The first kappa shape index (κ1) is 15.9. The van der Waals surface area contributed by atoms with E-state index in [2.05, 4.69) is 5.32 Å². The van der Waals surface area contributed by atoms with E-state index in [1.54, 1.807) is 26.4 Å². The lowest BCUT2D eigenvalue weighted by molar-refractivity contribution is 0.0939. The Balaban J connectivity index is 2.22. The zero-order valence-electron chi connectivity index (χ0n) is 13.3. The number of carbonyl (C=O) groups excluding carboxylic acids is 1. The second kappa shape index (κ2) is 6.98. The van der Waals surface area contributed by atoms with E-state index in [-0.39, 0.29) is 11.9 Å². The molecule has 0 aliphatic carbocycles. The number of hydrogen-bond acceptors (Lipinski definition) is 3. The monoisotopic (exact) mass is 299 g/mol. The van der Waals surface area contributed by atoms with Gasteiger partial charge < -0.3 is 14.8 Å². The van der Waals surface area contributed by atoms with E-state index in [1.165, 1.54) is 0 Å². The lowest BCUT2D eigenvalue weighted by Gasteiger charge is -2.17. The summed E-state index contributed by atoms with van der Waals surface area (Å²) >= 11 is 0. The summed E-state index contributed by atoms with van der Waals surface area (Å²) in [7, 11) is 3.13. The number of nitrogens with one attached hydrogen (secondary N) is 1. The van der Waals surface area contributed by atoms with Crippen LogP contribution in [0.25, 0.3) is 0 Å². The van der Waals surface area contributed by atoms with Crippen molar-refractivity contribution in [1.29, 1.82) is 0 Å². The molecule has 0 saturated heterocycles. The molecule has 2 aromatic rings. The molecule has 22 heavy (non-hydrogen) atoms. The highest BCUT2D eigenvalue weighted by molar-refractivity contribution is 5.96. The summed E-state index contributed by atoms with van der Waals surface area (Å²) in [5, 5.41) is 3.01. The van der Waals surface area contributed by atoms with E-state index in [0.29, 0.717) is 17.1 Å². The van der Waals surface area contributed by atoms with Gasteiger partial charge in [0, 0.05) is 5.56 Å². The van der Waals surface area contributed by atoms with Crippen LogP contribution in [0.2, 0.25) is 0 Å². The topological polar surface area (TPSA) is 47.6 Å². The average Bonchev–Trinajstić information content (AvgIpc) is 2.55. The molecule has 1 N–H and O–H groups in total. The van der Waals surface area contributed by atoms with Crippen LogP contribution in [0.3, 0.4) is 0 Å². The van der Waals surface area contributed by atoms with Gasteiger partial charge in [0.15, 0.2) is 11.5 Å². The molecule has 1 unspecified atom stereocenters. The molecule has 2 rings (SSSR count). The van der Waals surface area contributed by atoms with Gasteiger partial charge in [0.1, 0.15) is 0 Å². The molecule has 116 valence electrons. The van der Waals surface area contributed by atoms with Gasteiger partial charge in [0.25, 0.3) is 5.91 Å². The summed E-state index contributed by atoms with van der Waals surface area (Å²) < 4.78 is 10.5. The van der Waals surface area contributed by atoms with Gasteiger partial charge in [-0.3, -0.25) is 4.79 Å². The minimum absolute atomic E-state index is 0.0683. The van der Waals surface area contributed by atoms with Crippen LogP contribution in [-0.2, 0) is 0 Å². The fourth-order valence-electron chi connectivity index (χ4n) is 2.32. The number of amides is 1. The number of benzene rings is 2. The predicted octanol–water partition coefficient (Wildman–Crippen LogP) is 3.50. The standard InChI is InChI=1S/C18H21NO3/c1-12-10-16(21-3)17(22-4)11-15(12)18(20)19-13(2)14-8-6-5-7-9-14/h5-11,13H,1-4H3,(H,19,20). The van der Waals surface area contributed by atoms with E-state index in [1.807, 2.05) is 44.2 Å². The van der Waals surface area contributed by atoms with Crippen LogP contribution in [0, 0.1) is 6.92 Å². The minimum Gasteiger partial charge on any atom is -0.493 e. The Bertz CT molecular complexity index is 653. The number of hydrogen-bond donors (Lipinski definition) is 1. The Morgan fingerprint density at radius 1 is 1.05 bits per heavy atom. The highest BCUT2D eigenvalue weighted by atomic mass is 16.5. The summed E-state index contributed by atoms with van der Waals surface area (Å²) in [5.74, 6) is 1.04. The zero-order valence-corrected chi connectivity index (χ0v) is 13.3. The van der Waals surface area contributed by atoms with E-state index in [9.17, 15) is 4.79 Å². The summed E-state index contributed by atoms with van der Waals surface area (Å²) in [6.45, 7) is 3.84. The largest absolute Gasteiger partial charge is 0.493 e. The second-order valence-electron chi connectivity index (χ2n) is 5.13. The van der Waals surface area contributed by atoms with E-state index in [4.69, 9.17) is 9.47 Å². The highest BCUT2D eigenvalue weighted by Gasteiger charge is 2.16. The molecule has 0 saturated carbocycles. The summed E-state index contributed by atoms with van der Waals surface area (Å²) in [5.41, 5.74) is 2.49. The molecule has 1 atom stereocenters. The molecule has 0 aromatic heterocycles. The summed E-state index contributed by atoms with van der Waals surface area (Å²) in [6, 6.07) is 13.3. The van der Waals surface area contributed by atoms with Gasteiger partial charge in [-0.1, -0.05) is 30.3 Å². The van der Waals surface area contributed by atoms with Crippen molar-refractivity contribution in [3.63, 3.8) is 0 Å². The molecule has 0 aliphatic rings. The van der Waals surface area contributed by atoms with Crippen molar-refractivity contribution in [2.45, 2.75) is 19.9 Å². The molecule has 0 heterocycles. The smallest absolute Gasteiger partial charge is 0.252 e. The van der Waals surface area contributed by atoms with Gasteiger partial charge in [0.2, 0.25) is 0 Å². The van der Waals surface area contributed by atoms with Crippen LogP contribution in [0.1, 0.15) is 34.5 Å². The molecule has 0 radical (unpaired) electrons.